The number of nitrogens with zero attached hydrogens (tertiary/aromatic N) is 4. The molecule has 1 aromatic carbocycles. The van der Waals surface area contributed by atoms with Crippen molar-refractivity contribution < 1.29 is 13.6 Å². The Hall–Kier alpha value is -3.92. The van der Waals surface area contributed by atoms with Gasteiger partial charge in [-0.1, -0.05) is 13.8 Å². The van der Waals surface area contributed by atoms with Gasteiger partial charge in [0.2, 0.25) is 5.95 Å². The number of piperidine rings is 1. The Balaban J connectivity index is 1.23. The monoisotopic (exact) mass is 517 g/mol. The van der Waals surface area contributed by atoms with Gasteiger partial charge in [0.05, 0.1) is 17.3 Å². The Morgan fingerprint density at radius 1 is 1.16 bits per heavy atom. The summed E-state index contributed by atoms with van der Waals surface area (Å²) in [5, 5.41) is 7.07. The van der Waals surface area contributed by atoms with E-state index in [1.54, 1.807) is 18.2 Å². The normalized spacial score (nSPS) is 18.9. The third kappa shape index (κ3) is 4.28. The number of aromatic amines is 1. The van der Waals surface area contributed by atoms with Crippen molar-refractivity contribution in [2.75, 3.05) is 25.0 Å². The largest absolute Gasteiger partial charge is 0.356 e. The summed E-state index contributed by atoms with van der Waals surface area (Å²) in [6.45, 7) is 8.42. The molecule has 6 rings (SSSR count). The molecule has 2 saturated heterocycles. The number of halogens is 2. The van der Waals surface area contributed by atoms with E-state index < -0.39 is 11.6 Å². The van der Waals surface area contributed by atoms with Crippen LogP contribution in [0.15, 0.2) is 36.7 Å². The highest BCUT2D eigenvalue weighted by Gasteiger charge is 2.37. The number of aryl methyl sites for hydroxylation is 1. The third-order valence-corrected chi connectivity index (χ3v) is 7.61. The maximum Gasteiger partial charge on any atom is 0.255 e. The predicted molar refractivity (Wildman–Crippen MR) is 141 cm³/mol. The highest BCUT2D eigenvalue weighted by molar-refractivity contribution is 5.94. The lowest BCUT2D eigenvalue weighted by Gasteiger charge is -2.46. The number of carbonyl (C=O) groups excluding carboxylic acids is 1. The summed E-state index contributed by atoms with van der Waals surface area (Å²) in [6, 6.07) is 6.94. The second kappa shape index (κ2) is 9.43. The first-order chi connectivity index (χ1) is 18.3. The molecular formula is C28H29F2N7O. The van der Waals surface area contributed by atoms with E-state index in [1.807, 2.05) is 25.7 Å². The number of hydrogen-bond donors (Lipinski definition) is 3. The number of aromatic nitrogens is 4. The summed E-state index contributed by atoms with van der Waals surface area (Å²) < 4.78 is 29.8. The van der Waals surface area contributed by atoms with Gasteiger partial charge < -0.3 is 20.5 Å². The van der Waals surface area contributed by atoms with Crippen molar-refractivity contribution in [2.45, 2.75) is 39.2 Å². The number of benzene rings is 1. The van der Waals surface area contributed by atoms with Gasteiger partial charge in [-0.3, -0.25) is 4.79 Å². The molecule has 2 aliphatic heterocycles. The number of anilines is 2. The van der Waals surface area contributed by atoms with Crippen molar-refractivity contribution in [1.29, 1.82) is 0 Å². The number of H-pyrrole nitrogens is 1. The third-order valence-electron chi connectivity index (χ3n) is 7.61. The summed E-state index contributed by atoms with van der Waals surface area (Å²) in [5.41, 5.74) is 3.08. The zero-order chi connectivity index (χ0) is 26.6. The van der Waals surface area contributed by atoms with E-state index in [9.17, 15) is 13.6 Å². The molecule has 2 atom stereocenters. The second-order valence-electron chi connectivity index (χ2n) is 10.5. The molecule has 1 amide bonds. The van der Waals surface area contributed by atoms with Gasteiger partial charge in [-0.05, 0) is 49.1 Å². The minimum Gasteiger partial charge on any atom is -0.356 e. The van der Waals surface area contributed by atoms with Crippen LogP contribution in [0.2, 0.25) is 0 Å². The number of rotatable bonds is 5. The molecule has 3 aromatic heterocycles. The average molecular weight is 518 g/mol. The lowest BCUT2D eigenvalue weighted by atomic mass is 9.85. The second-order valence-corrected chi connectivity index (χ2v) is 10.5. The molecule has 4 aromatic rings. The average Bonchev–Trinajstić information content (AvgIpc) is 3.22. The molecule has 0 aliphatic carbocycles. The molecular weight excluding hydrogens is 488 g/mol. The van der Waals surface area contributed by atoms with Crippen LogP contribution in [-0.4, -0.2) is 56.4 Å². The number of carbonyl (C=O) groups is 1. The fourth-order valence-electron chi connectivity index (χ4n) is 5.64. The van der Waals surface area contributed by atoms with Gasteiger partial charge in [-0.2, -0.15) is 0 Å². The number of amides is 1. The Kier molecular flexibility index (Phi) is 6.06. The van der Waals surface area contributed by atoms with Crippen LogP contribution in [0, 0.1) is 24.5 Å². The quantitative estimate of drug-likeness (QED) is 0.348. The van der Waals surface area contributed by atoms with E-state index in [1.165, 1.54) is 12.3 Å². The van der Waals surface area contributed by atoms with Crippen molar-refractivity contribution >= 4 is 28.6 Å². The number of hydrogen-bond acceptors (Lipinski definition) is 6. The molecule has 10 heteroatoms. The molecule has 3 N–H and O–H groups in total. The van der Waals surface area contributed by atoms with Gasteiger partial charge >= 0.3 is 0 Å². The topological polar surface area (TPSA) is 98.8 Å². The highest BCUT2D eigenvalue weighted by atomic mass is 19.1. The standard InChI is InChI=1S/C28H29F2N7O/c1-14(2)24-15(3)34-26-19(24)8-17(9-20(26)29)25-21(30)12-33-28(36-25)35-23-5-4-16(10-32-23)27(38)37-7-6-22-18(13-37)11-31-22/h4-5,8-10,12,14,18,22,31,34H,6-7,11,13H2,1-3H3,(H,32,33,35,36). The van der Waals surface area contributed by atoms with Crippen LogP contribution in [0.1, 0.15) is 47.8 Å². The van der Waals surface area contributed by atoms with Gasteiger partial charge in [0, 0.05) is 54.4 Å². The van der Waals surface area contributed by atoms with E-state index in [-0.39, 0.29) is 23.5 Å². The van der Waals surface area contributed by atoms with Gasteiger partial charge in [0.15, 0.2) is 5.82 Å². The van der Waals surface area contributed by atoms with Crippen molar-refractivity contribution in [3.8, 4) is 11.3 Å². The van der Waals surface area contributed by atoms with E-state index in [0.717, 1.165) is 43.5 Å². The Morgan fingerprint density at radius 2 is 2.00 bits per heavy atom. The van der Waals surface area contributed by atoms with E-state index in [2.05, 4.69) is 30.6 Å². The fourth-order valence-corrected chi connectivity index (χ4v) is 5.64. The highest BCUT2D eigenvalue weighted by Crippen LogP contribution is 2.34. The fraction of sp³-hybridized carbons (Fsp3) is 0.357. The van der Waals surface area contributed by atoms with Gasteiger partial charge in [-0.25, -0.2) is 23.7 Å². The number of likely N-dealkylation sites (tertiary alicyclic amines) is 1. The Morgan fingerprint density at radius 3 is 2.68 bits per heavy atom. The molecule has 0 bridgehead atoms. The van der Waals surface area contributed by atoms with Crippen molar-refractivity contribution in [3.05, 3.63) is 65.1 Å². The predicted octanol–water partition coefficient (Wildman–Crippen LogP) is 4.91. The van der Waals surface area contributed by atoms with E-state index in [0.29, 0.717) is 39.8 Å². The molecule has 196 valence electrons. The van der Waals surface area contributed by atoms with Crippen LogP contribution in [-0.2, 0) is 0 Å². The minimum atomic E-state index is -0.660. The summed E-state index contributed by atoms with van der Waals surface area (Å²) >= 11 is 0. The summed E-state index contributed by atoms with van der Waals surface area (Å²) in [5.74, 6) is 0.0423. The molecule has 2 fully saturated rings. The maximum atomic E-state index is 15.0. The summed E-state index contributed by atoms with van der Waals surface area (Å²) in [6.07, 6.45) is 3.54. The molecule has 0 radical (unpaired) electrons. The van der Waals surface area contributed by atoms with Gasteiger partial charge in [0.25, 0.3) is 5.91 Å². The zero-order valence-corrected chi connectivity index (χ0v) is 21.5. The molecule has 0 saturated carbocycles. The van der Waals surface area contributed by atoms with Crippen molar-refractivity contribution in [3.63, 3.8) is 0 Å². The van der Waals surface area contributed by atoms with Crippen LogP contribution < -0.4 is 10.6 Å². The SMILES string of the molecule is Cc1[nH]c2c(F)cc(-c3nc(Nc4ccc(C(=O)N5CCC6NCC6C5)cn4)ncc3F)cc2c1C(C)C. The molecule has 8 nitrogen and oxygen atoms in total. The van der Waals surface area contributed by atoms with E-state index >= 15 is 0 Å². The van der Waals surface area contributed by atoms with Crippen LogP contribution >= 0.6 is 0 Å². The lowest BCUT2D eigenvalue weighted by Crippen LogP contribution is -2.62. The molecule has 2 aliphatic rings. The Bertz CT molecular complexity index is 1530. The molecule has 0 spiro atoms. The lowest BCUT2D eigenvalue weighted by molar-refractivity contribution is 0.0509. The maximum absolute atomic E-state index is 15.0. The first-order valence-corrected chi connectivity index (χ1v) is 12.9. The van der Waals surface area contributed by atoms with Crippen molar-refractivity contribution in [2.24, 2.45) is 5.92 Å². The minimum absolute atomic E-state index is 0.0162. The van der Waals surface area contributed by atoms with Crippen LogP contribution in [0.4, 0.5) is 20.5 Å². The molecule has 2 unspecified atom stereocenters. The molecule has 5 heterocycles. The molecule has 38 heavy (non-hydrogen) atoms. The summed E-state index contributed by atoms with van der Waals surface area (Å²) in [4.78, 5) is 30.6. The van der Waals surface area contributed by atoms with E-state index in [4.69, 9.17) is 0 Å². The van der Waals surface area contributed by atoms with Crippen LogP contribution in [0.3, 0.4) is 0 Å². The number of fused-ring (bicyclic) bond motifs is 2. The smallest absolute Gasteiger partial charge is 0.255 e. The first-order valence-electron chi connectivity index (χ1n) is 12.9. The van der Waals surface area contributed by atoms with Crippen molar-refractivity contribution in [1.82, 2.24) is 30.2 Å². The number of pyridine rings is 1. The summed E-state index contributed by atoms with van der Waals surface area (Å²) in [7, 11) is 0. The first kappa shape index (κ1) is 24.4. The number of nitrogens with one attached hydrogen (secondary N) is 3. The van der Waals surface area contributed by atoms with Crippen LogP contribution in [0.5, 0.6) is 0 Å². The Labute approximate surface area is 218 Å². The zero-order valence-electron chi connectivity index (χ0n) is 21.5. The van der Waals surface area contributed by atoms with Gasteiger partial charge in [-0.15, -0.1) is 0 Å². The van der Waals surface area contributed by atoms with Crippen LogP contribution in [0.25, 0.3) is 22.2 Å². The van der Waals surface area contributed by atoms with Gasteiger partial charge in [0.1, 0.15) is 17.3 Å².